The lowest BCUT2D eigenvalue weighted by Crippen LogP contribution is -2.12. The van der Waals surface area contributed by atoms with Crippen LogP contribution in [0.25, 0.3) is 21.8 Å². The Morgan fingerprint density at radius 1 is 0.885 bits per heavy atom. The summed E-state index contributed by atoms with van der Waals surface area (Å²) in [6.45, 7) is 3.85. The van der Waals surface area contributed by atoms with Crippen molar-refractivity contribution < 1.29 is 4.79 Å². The number of rotatable bonds is 2. The standard InChI is InChI=1S/C21H18N4O/c1-12-3-4-14-10-15(5-7-19(14)23-12)21(26)25-16-6-8-20-17(11-16)18(22)9-13(2)24-20/h3-11H,1-2H3,(H2,22,24)(H,25,26). The predicted octanol–water partition coefficient (Wildman–Crippen LogP) is 4.23. The first-order chi connectivity index (χ1) is 12.5. The summed E-state index contributed by atoms with van der Waals surface area (Å²) in [6, 6.07) is 16.8. The summed E-state index contributed by atoms with van der Waals surface area (Å²) in [5.41, 5.74) is 11.5. The second-order valence-electron chi connectivity index (χ2n) is 6.40. The Morgan fingerprint density at radius 3 is 2.50 bits per heavy atom. The van der Waals surface area contributed by atoms with E-state index in [9.17, 15) is 4.79 Å². The summed E-state index contributed by atoms with van der Waals surface area (Å²) >= 11 is 0. The smallest absolute Gasteiger partial charge is 0.255 e. The Hall–Kier alpha value is -3.47. The van der Waals surface area contributed by atoms with Gasteiger partial charge in [0.15, 0.2) is 0 Å². The van der Waals surface area contributed by atoms with Crippen LogP contribution in [-0.4, -0.2) is 15.9 Å². The van der Waals surface area contributed by atoms with Gasteiger partial charge >= 0.3 is 0 Å². The fourth-order valence-corrected chi connectivity index (χ4v) is 3.04. The molecule has 0 saturated carbocycles. The number of aromatic nitrogens is 2. The minimum atomic E-state index is -0.175. The zero-order valence-corrected chi connectivity index (χ0v) is 14.6. The molecule has 0 aliphatic heterocycles. The fourth-order valence-electron chi connectivity index (χ4n) is 3.04. The van der Waals surface area contributed by atoms with Gasteiger partial charge in [-0.1, -0.05) is 6.07 Å². The average molecular weight is 342 g/mol. The number of nitrogen functional groups attached to an aromatic ring is 1. The van der Waals surface area contributed by atoms with E-state index in [-0.39, 0.29) is 5.91 Å². The number of amides is 1. The van der Waals surface area contributed by atoms with Crippen molar-refractivity contribution in [3.63, 3.8) is 0 Å². The van der Waals surface area contributed by atoms with Gasteiger partial charge in [-0.3, -0.25) is 14.8 Å². The molecule has 26 heavy (non-hydrogen) atoms. The highest BCUT2D eigenvalue weighted by Crippen LogP contribution is 2.24. The number of carbonyl (C=O) groups is 1. The number of nitrogens with one attached hydrogen (secondary N) is 1. The summed E-state index contributed by atoms with van der Waals surface area (Å²) in [4.78, 5) is 21.5. The second kappa shape index (κ2) is 6.11. The second-order valence-corrected chi connectivity index (χ2v) is 6.40. The lowest BCUT2D eigenvalue weighted by molar-refractivity contribution is 0.102. The number of pyridine rings is 2. The molecule has 0 atom stereocenters. The SMILES string of the molecule is Cc1ccc2cc(C(=O)Nc3ccc4nc(C)cc(N)c4c3)ccc2n1. The first-order valence-corrected chi connectivity index (χ1v) is 8.35. The maximum absolute atomic E-state index is 12.6. The third kappa shape index (κ3) is 2.95. The van der Waals surface area contributed by atoms with E-state index in [0.717, 1.165) is 33.2 Å². The number of carbonyl (C=O) groups excluding carboxylic acids is 1. The maximum atomic E-state index is 12.6. The van der Waals surface area contributed by atoms with E-state index in [4.69, 9.17) is 5.73 Å². The zero-order valence-electron chi connectivity index (χ0n) is 14.6. The van der Waals surface area contributed by atoms with E-state index < -0.39 is 0 Å². The van der Waals surface area contributed by atoms with Gasteiger partial charge in [0.2, 0.25) is 0 Å². The summed E-state index contributed by atoms with van der Waals surface area (Å²) in [7, 11) is 0. The molecule has 5 heteroatoms. The van der Waals surface area contributed by atoms with Gasteiger partial charge in [0.1, 0.15) is 0 Å². The van der Waals surface area contributed by atoms with Crippen LogP contribution in [-0.2, 0) is 0 Å². The third-order valence-electron chi connectivity index (χ3n) is 4.32. The van der Waals surface area contributed by atoms with E-state index in [1.165, 1.54) is 0 Å². The molecule has 0 saturated heterocycles. The molecule has 0 aliphatic carbocycles. The number of aryl methyl sites for hydroxylation is 2. The van der Waals surface area contributed by atoms with Crippen molar-refractivity contribution in [2.24, 2.45) is 0 Å². The van der Waals surface area contributed by atoms with Crippen LogP contribution in [0.15, 0.2) is 54.6 Å². The molecule has 4 aromatic rings. The molecule has 0 bridgehead atoms. The lowest BCUT2D eigenvalue weighted by atomic mass is 10.1. The molecule has 128 valence electrons. The van der Waals surface area contributed by atoms with Crippen molar-refractivity contribution in [1.29, 1.82) is 0 Å². The van der Waals surface area contributed by atoms with Crippen molar-refractivity contribution in [2.45, 2.75) is 13.8 Å². The minimum absolute atomic E-state index is 0.175. The fraction of sp³-hybridized carbons (Fsp3) is 0.0952. The van der Waals surface area contributed by atoms with E-state index in [1.807, 2.05) is 62.4 Å². The van der Waals surface area contributed by atoms with Crippen molar-refractivity contribution in [3.05, 3.63) is 71.5 Å². The van der Waals surface area contributed by atoms with Crippen LogP contribution in [0.3, 0.4) is 0 Å². The Kier molecular flexibility index (Phi) is 3.77. The number of fused-ring (bicyclic) bond motifs is 2. The average Bonchev–Trinajstić information content (AvgIpc) is 2.61. The third-order valence-corrected chi connectivity index (χ3v) is 4.32. The van der Waals surface area contributed by atoms with Crippen LogP contribution >= 0.6 is 0 Å². The van der Waals surface area contributed by atoms with Crippen molar-refractivity contribution in [1.82, 2.24) is 9.97 Å². The Bertz CT molecular complexity index is 1170. The molecular formula is C21H18N4O. The van der Waals surface area contributed by atoms with Crippen LogP contribution in [0.4, 0.5) is 11.4 Å². The number of hydrogen-bond donors (Lipinski definition) is 2. The van der Waals surface area contributed by atoms with Crippen molar-refractivity contribution >= 4 is 39.1 Å². The van der Waals surface area contributed by atoms with Crippen molar-refractivity contribution in [3.8, 4) is 0 Å². The van der Waals surface area contributed by atoms with E-state index in [0.29, 0.717) is 16.9 Å². The molecule has 0 radical (unpaired) electrons. The summed E-state index contributed by atoms with van der Waals surface area (Å²) in [5, 5.41) is 4.69. The first-order valence-electron chi connectivity index (χ1n) is 8.35. The maximum Gasteiger partial charge on any atom is 0.255 e. The predicted molar refractivity (Wildman–Crippen MR) is 105 cm³/mol. The van der Waals surface area contributed by atoms with Gasteiger partial charge < -0.3 is 11.1 Å². The quantitative estimate of drug-likeness (QED) is 0.571. The highest BCUT2D eigenvalue weighted by Gasteiger charge is 2.09. The van der Waals surface area contributed by atoms with Crippen LogP contribution in [0.2, 0.25) is 0 Å². The van der Waals surface area contributed by atoms with E-state index >= 15 is 0 Å². The highest BCUT2D eigenvalue weighted by atomic mass is 16.1. The number of nitrogens with two attached hydrogens (primary N) is 1. The summed E-state index contributed by atoms with van der Waals surface area (Å²) < 4.78 is 0. The number of nitrogens with zero attached hydrogens (tertiary/aromatic N) is 2. The van der Waals surface area contributed by atoms with Crippen LogP contribution in [0.1, 0.15) is 21.7 Å². The van der Waals surface area contributed by atoms with Gasteiger partial charge in [-0.15, -0.1) is 0 Å². The van der Waals surface area contributed by atoms with Crippen LogP contribution in [0.5, 0.6) is 0 Å². The monoisotopic (exact) mass is 342 g/mol. The van der Waals surface area contributed by atoms with E-state index in [1.54, 1.807) is 6.07 Å². The zero-order chi connectivity index (χ0) is 18.3. The number of benzene rings is 2. The Morgan fingerprint density at radius 2 is 1.65 bits per heavy atom. The topological polar surface area (TPSA) is 80.9 Å². The summed E-state index contributed by atoms with van der Waals surface area (Å²) in [5.74, 6) is -0.175. The molecule has 0 aliphatic rings. The minimum Gasteiger partial charge on any atom is -0.398 e. The molecule has 3 N–H and O–H groups in total. The van der Waals surface area contributed by atoms with Gasteiger partial charge in [-0.2, -0.15) is 0 Å². The van der Waals surface area contributed by atoms with Crippen LogP contribution < -0.4 is 11.1 Å². The van der Waals surface area contributed by atoms with Gasteiger partial charge in [-0.25, -0.2) is 0 Å². The molecule has 1 amide bonds. The Balaban J connectivity index is 1.65. The Labute approximate surface area is 150 Å². The molecule has 5 nitrogen and oxygen atoms in total. The van der Waals surface area contributed by atoms with Gasteiger partial charge in [0.25, 0.3) is 5.91 Å². The highest BCUT2D eigenvalue weighted by molar-refractivity contribution is 6.07. The lowest BCUT2D eigenvalue weighted by Gasteiger charge is -2.09. The molecule has 2 aromatic carbocycles. The molecule has 0 spiro atoms. The van der Waals surface area contributed by atoms with Gasteiger partial charge in [-0.05, 0) is 62.4 Å². The van der Waals surface area contributed by atoms with E-state index in [2.05, 4.69) is 15.3 Å². The number of anilines is 2. The largest absolute Gasteiger partial charge is 0.398 e. The molecular weight excluding hydrogens is 324 g/mol. The normalized spacial score (nSPS) is 11.0. The van der Waals surface area contributed by atoms with Gasteiger partial charge in [0, 0.05) is 39.1 Å². The summed E-state index contributed by atoms with van der Waals surface area (Å²) in [6.07, 6.45) is 0. The van der Waals surface area contributed by atoms with Gasteiger partial charge in [0.05, 0.1) is 11.0 Å². The van der Waals surface area contributed by atoms with Crippen LogP contribution in [0, 0.1) is 13.8 Å². The molecule has 0 fully saturated rings. The molecule has 0 unspecified atom stereocenters. The number of hydrogen-bond acceptors (Lipinski definition) is 4. The van der Waals surface area contributed by atoms with Crippen molar-refractivity contribution in [2.75, 3.05) is 11.1 Å². The molecule has 2 aromatic heterocycles. The molecule has 2 heterocycles. The first kappa shape index (κ1) is 16.0. The molecule has 4 rings (SSSR count).